The van der Waals surface area contributed by atoms with Crippen LogP contribution < -0.4 is 5.32 Å². The first-order valence-corrected chi connectivity index (χ1v) is 5.64. The Morgan fingerprint density at radius 2 is 1.89 bits per heavy atom. The van der Waals surface area contributed by atoms with Gasteiger partial charge in [-0.25, -0.2) is 0 Å². The number of rotatable bonds is 2. The lowest BCUT2D eigenvalue weighted by molar-refractivity contribution is -0.167. The van der Waals surface area contributed by atoms with Crippen LogP contribution in [-0.4, -0.2) is 16.5 Å². The number of hydrogen-bond acceptors (Lipinski definition) is 3. The van der Waals surface area contributed by atoms with Gasteiger partial charge in [-0.1, -0.05) is 30.3 Å². The second kappa shape index (κ2) is 4.77. The monoisotopic (exact) mass is 272 g/mol. The Kier molecular flexibility index (Phi) is 3.33. The summed E-state index contributed by atoms with van der Waals surface area (Å²) in [6.07, 6.45) is -4.89. The lowest BCUT2D eigenvalue weighted by Gasteiger charge is -2.04. The van der Waals surface area contributed by atoms with Gasteiger partial charge in [0, 0.05) is 11.6 Å². The summed E-state index contributed by atoms with van der Waals surface area (Å²) in [5.74, 6) is -1.99. The molecule has 2 aromatic rings. The molecule has 0 unspecified atom stereocenters. The van der Waals surface area contributed by atoms with Crippen LogP contribution in [0, 0.1) is 0 Å². The Hall–Kier alpha value is -1.89. The van der Waals surface area contributed by atoms with Crippen LogP contribution in [0.4, 0.5) is 18.2 Å². The molecule has 2 rings (SSSR count). The summed E-state index contributed by atoms with van der Waals surface area (Å²) >= 11 is 0.807. The molecule has 7 heteroatoms. The van der Waals surface area contributed by atoms with Gasteiger partial charge in [0.2, 0.25) is 0 Å². The smallest absolute Gasteiger partial charge is 0.309 e. The van der Waals surface area contributed by atoms with E-state index in [-0.39, 0.29) is 5.00 Å². The van der Waals surface area contributed by atoms with Crippen molar-refractivity contribution in [1.29, 1.82) is 0 Å². The van der Waals surface area contributed by atoms with Crippen LogP contribution in [0.3, 0.4) is 0 Å². The molecule has 0 spiro atoms. The average molecular weight is 272 g/mol. The Labute approximate surface area is 104 Å². The third kappa shape index (κ3) is 2.86. The fraction of sp³-hybridized carbons (Fsp3) is 0.0909. The van der Waals surface area contributed by atoms with Gasteiger partial charge in [-0.3, -0.25) is 4.79 Å². The predicted molar refractivity (Wildman–Crippen MR) is 62.2 cm³/mol. The summed E-state index contributed by atoms with van der Waals surface area (Å²) in [5, 5.41) is 1.83. The number of halogens is 3. The Balaban J connectivity index is 2.15. The molecule has 0 aliphatic heterocycles. The number of aromatic nitrogens is 1. The molecule has 1 amide bonds. The number of benzene rings is 1. The standard InChI is InChI=1S/C11H7F3N2OS/c12-11(13,14)10(17)15-9-6-8(16-18-9)7-4-2-1-3-5-7/h1-6H,(H,15,17). The van der Waals surface area contributed by atoms with Crippen molar-refractivity contribution >= 4 is 22.4 Å². The van der Waals surface area contributed by atoms with E-state index in [9.17, 15) is 18.0 Å². The zero-order valence-electron chi connectivity index (χ0n) is 8.86. The molecule has 1 aromatic heterocycles. The molecule has 1 heterocycles. The quantitative estimate of drug-likeness (QED) is 0.911. The molecule has 1 aromatic carbocycles. The number of alkyl halides is 3. The highest BCUT2D eigenvalue weighted by Crippen LogP contribution is 2.26. The first-order chi connectivity index (χ1) is 8.47. The Morgan fingerprint density at radius 3 is 2.50 bits per heavy atom. The minimum absolute atomic E-state index is 0.0659. The minimum Gasteiger partial charge on any atom is -0.309 e. The molecule has 94 valence electrons. The zero-order chi connectivity index (χ0) is 13.2. The fourth-order valence-electron chi connectivity index (χ4n) is 1.26. The van der Waals surface area contributed by atoms with Crippen molar-refractivity contribution in [3.05, 3.63) is 36.4 Å². The van der Waals surface area contributed by atoms with Gasteiger partial charge in [0.1, 0.15) is 5.00 Å². The minimum atomic E-state index is -4.89. The van der Waals surface area contributed by atoms with Gasteiger partial charge >= 0.3 is 12.1 Å². The number of nitrogens with zero attached hydrogens (tertiary/aromatic N) is 1. The van der Waals surface area contributed by atoms with Crippen LogP contribution in [0.15, 0.2) is 36.4 Å². The van der Waals surface area contributed by atoms with E-state index < -0.39 is 12.1 Å². The van der Waals surface area contributed by atoms with Crippen LogP contribution in [0.2, 0.25) is 0 Å². The molecule has 1 N–H and O–H groups in total. The Bertz CT molecular complexity index is 551. The molecule has 0 bridgehead atoms. The van der Waals surface area contributed by atoms with E-state index in [1.807, 2.05) is 6.07 Å². The highest BCUT2D eigenvalue weighted by molar-refractivity contribution is 7.10. The number of nitrogens with one attached hydrogen (secondary N) is 1. The first-order valence-electron chi connectivity index (χ1n) is 4.87. The SMILES string of the molecule is O=C(Nc1cc(-c2ccccc2)ns1)C(F)(F)F. The van der Waals surface area contributed by atoms with E-state index in [1.54, 1.807) is 29.6 Å². The summed E-state index contributed by atoms with van der Waals surface area (Å²) < 4.78 is 40.1. The highest BCUT2D eigenvalue weighted by atomic mass is 32.1. The van der Waals surface area contributed by atoms with Gasteiger partial charge in [-0.15, -0.1) is 0 Å². The summed E-state index contributed by atoms with van der Waals surface area (Å²) in [5.41, 5.74) is 1.30. The lowest BCUT2D eigenvalue weighted by atomic mass is 10.2. The van der Waals surface area contributed by atoms with Crippen LogP contribution in [0.5, 0.6) is 0 Å². The van der Waals surface area contributed by atoms with Crippen LogP contribution in [0.25, 0.3) is 11.3 Å². The maximum absolute atomic E-state index is 12.0. The first kappa shape index (κ1) is 12.6. The molecule has 0 atom stereocenters. The molecular weight excluding hydrogens is 265 g/mol. The lowest BCUT2D eigenvalue weighted by Crippen LogP contribution is -2.29. The molecule has 3 nitrogen and oxygen atoms in total. The second-order valence-corrected chi connectivity index (χ2v) is 4.20. The summed E-state index contributed by atoms with van der Waals surface area (Å²) in [6.45, 7) is 0. The fourth-order valence-corrected chi connectivity index (χ4v) is 1.92. The predicted octanol–water partition coefficient (Wildman–Crippen LogP) is 3.31. The van der Waals surface area contributed by atoms with E-state index in [0.717, 1.165) is 17.1 Å². The molecule has 0 fully saturated rings. The van der Waals surface area contributed by atoms with Crippen molar-refractivity contribution in [2.75, 3.05) is 5.32 Å². The number of amides is 1. The molecule has 0 saturated carbocycles. The summed E-state index contributed by atoms with van der Waals surface area (Å²) in [4.78, 5) is 10.7. The maximum Gasteiger partial charge on any atom is 0.471 e. The van der Waals surface area contributed by atoms with Crippen molar-refractivity contribution in [1.82, 2.24) is 4.37 Å². The van der Waals surface area contributed by atoms with Crippen molar-refractivity contribution < 1.29 is 18.0 Å². The normalized spacial score (nSPS) is 11.3. The van der Waals surface area contributed by atoms with Gasteiger partial charge in [-0.05, 0) is 11.5 Å². The van der Waals surface area contributed by atoms with Gasteiger partial charge < -0.3 is 5.32 Å². The van der Waals surface area contributed by atoms with Crippen LogP contribution in [0.1, 0.15) is 0 Å². The third-order valence-corrected chi connectivity index (χ3v) is 2.78. The van der Waals surface area contributed by atoms with Crippen LogP contribution in [-0.2, 0) is 4.79 Å². The zero-order valence-corrected chi connectivity index (χ0v) is 9.68. The van der Waals surface area contributed by atoms with Crippen molar-refractivity contribution in [3.63, 3.8) is 0 Å². The average Bonchev–Trinajstić information content (AvgIpc) is 2.77. The largest absolute Gasteiger partial charge is 0.471 e. The molecule has 0 radical (unpaired) electrons. The van der Waals surface area contributed by atoms with Gasteiger partial charge in [0.15, 0.2) is 0 Å². The van der Waals surface area contributed by atoms with Gasteiger partial charge in [0.05, 0.1) is 5.69 Å². The van der Waals surface area contributed by atoms with Gasteiger partial charge in [0.25, 0.3) is 0 Å². The number of anilines is 1. The van der Waals surface area contributed by atoms with E-state index in [2.05, 4.69) is 4.37 Å². The van der Waals surface area contributed by atoms with Gasteiger partial charge in [-0.2, -0.15) is 17.5 Å². The molecular formula is C11H7F3N2OS. The summed E-state index contributed by atoms with van der Waals surface area (Å²) in [7, 11) is 0. The second-order valence-electron chi connectivity index (χ2n) is 3.39. The molecule has 0 aliphatic rings. The highest BCUT2D eigenvalue weighted by Gasteiger charge is 2.38. The maximum atomic E-state index is 12.0. The third-order valence-electron chi connectivity index (χ3n) is 2.07. The van der Waals surface area contributed by atoms with Crippen LogP contribution >= 0.6 is 11.5 Å². The molecule has 0 aliphatic carbocycles. The van der Waals surface area contributed by atoms with Crippen molar-refractivity contribution in [2.45, 2.75) is 6.18 Å². The number of carbonyl (C=O) groups excluding carboxylic acids is 1. The van der Waals surface area contributed by atoms with E-state index >= 15 is 0 Å². The number of hydrogen-bond donors (Lipinski definition) is 1. The molecule has 18 heavy (non-hydrogen) atoms. The van der Waals surface area contributed by atoms with Crippen molar-refractivity contribution in [2.24, 2.45) is 0 Å². The Morgan fingerprint density at radius 1 is 1.22 bits per heavy atom. The number of carbonyl (C=O) groups is 1. The molecule has 0 saturated heterocycles. The van der Waals surface area contributed by atoms with E-state index in [0.29, 0.717) is 5.69 Å². The van der Waals surface area contributed by atoms with E-state index in [1.165, 1.54) is 6.07 Å². The topological polar surface area (TPSA) is 42.0 Å². The van der Waals surface area contributed by atoms with E-state index in [4.69, 9.17) is 0 Å². The van der Waals surface area contributed by atoms with Crippen molar-refractivity contribution in [3.8, 4) is 11.3 Å². The summed E-state index contributed by atoms with van der Waals surface area (Å²) in [6, 6.07) is 10.4.